The zero-order valence-electron chi connectivity index (χ0n) is 12.7. The molecular weight excluding hydrogens is 292 g/mol. The molecule has 1 saturated carbocycles. The average molecular weight is 320 g/mol. The number of ether oxygens (including phenoxy) is 1. The average Bonchev–Trinajstić information content (AvgIpc) is 2.53. The smallest absolute Gasteiger partial charge is 0.279 e. The first-order chi connectivity index (χ1) is 10.1. The molecule has 7 heteroatoms. The molecule has 0 radical (unpaired) electrons. The Balaban J connectivity index is 1.68. The first kappa shape index (κ1) is 17.1. The van der Waals surface area contributed by atoms with Gasteiger partial charge in [-0.3, -0.25) is 0 Å². The van der Waals surface area contributed by atoms with Gasteiger partial charge in [-0.25, -0.2) is 0 Å². The first-order valence-electron chi connectivity index (χ1n) is 8.09. The Morgan fingerprint density at radius 1 is 1.14 bits per heavy atom. The van der Waals surface area contributed by atoms with E-state index in [1.807, 2.05) is 0 Å². The summed E-state index contributed by atoms with van der Waals surface area (Å²) in [6.07, 6.45) is 7.91. The van der Waals surface area contributed by atoms with Gasteiger partial charge in [-0.2, -0.15) is 17.4 Å². The van der Waals surface area contributed by atoms with Crippen LogP contribution in [0.25, 0.3) is 0 Å². The molecule has 21 heavy (non-hydrogen) atoms. The van der Waals surface area contributed by atoms with Crippen molar-refractivity contribution in [2.24, 2.45) is 5.92 Å². The standard InChI is InChI=1S/C14H28N2O4S/c17-12-13-5-4-9-16(11-13)21(18,19)15-8-10-20-14-6-2-1-3-7-14/h13-15,17H,1-12H2. The van der Waals surface area contributed by atoms with Crippen LogP contribution < -0.4 is 4.72 Å². The minimum atomic E-state index is -3.44. The number of nitrogens with zero attached hydrogens (tertiary/aromatic N) is 1. The van der Waals surface area contributed by atoms with E-state index in [-0.39, 0.29) is 12.5 Å². The molecule has 2 N–H and O–H groups in total. The van der Waals surface area contributed by atoms with Crippen molar-refractivity contribution in [3.63, 3.8) is 0 Å². The quantitative estimate of drug-likeness (QED) is 0.682. The van der Waals surface area contributed by atoms with Crippen molar-refractivity contribution in [3.8, 4) is 0 Å². The fourth-order valence-electron chi connectivity index (χ4n) is 3.11. The van der Waals surface area contributed by atoms with E-state index in [2.05, 4.69) is 4.72 Å². The highest BCUT2D eigenvalue weighted by Gasteiger charge is 2.28. The molecule has 2 fully saturated rings. The van der Waals surface area contributed by atoms with Crippen LogP contribution in [0.5, 0.6) is 0 Å². The van der Waals surface area contributed by atoms with E-state index < -0.39 is 10.2 Å². The number of rotatable bonds is 7. The summed E-state index contributed by atoms with van der Waals surface area (Å²) in [6, 6.07) is 0. The van der Waals surface area contributed by atoms with Crippen molar-refractivity contribution in [1.29, 1.82) is 0 Å². The summed E-state index contributed by atoms with van der Waals surface area (Å²) in [6.45, 7) is 1.75. The molecule has 0 bridgehead atoms. The van der Waals surface area contributed by atoms with E-state index in [0.717, 1.165) is 25.7 Å². The van der Waals surface area contributed by atoms with Crippen LogP contribution >= 0.6 is 0 Å². The number of hydrogen-bond acceptors (Lipinski definition) is 4. The third-order valence-electron chi connectivity index (χ3n) is 4.37. The Labute approximate surface area is 128 Å². The van der Waals surface area contributed by atoms with Gasteiger partial charge < -0.3 is 9.84 Å². The minimum Gasteiger partial charge on any atom is -0.396 e. The van der Waals surface area contributed by atoms with Crippen molar-refractivity contribution in [2.75, 3.05) is 32.8 Å². The third kappa shape index (κ3) is 5.49. The summed E-state index contributed by atoms with van der Waals surface area (Å²) in [4.78, 5) is 0. The summed E-state index contributed by atoms with van der Waals surface area (Å²) in [7, 11) is -3.44. The third-order valence-corrected chi connectivity index (χ3v) is 5.95. The first-order valence-corrected chi connectivity index (χ1v) is 9.53. The van der Waals surface area contributed by atoms with Gasteiger partial charge in [0, 0.05) is 26.2 Å². The van der Waals surface area contributed by atoms with Crippen LogP contribution in [0.2, 0.25) is 0 Å². The Morgan fingerprint density at radius 3 is 2.62 bits per heavy atom. The van der Waals surface area contributed by atoms with E-state index in [1.165, 1.54) is 23.6 Å². The molecule has 1 atom stereocenters. The molecule has 124 valence electrons. The maximum atomic E-state index is 12.2. The summed E-state index contributed by atoms with van der Waals surface area (Å²) in [5, 5.41) is 9.17. The molecule has 2 aliphatic rings. The number of aliphatic hydroxyl groups is 1. The van der Waals surface area contributed by atoms with Crippen molar-refractivity contribution in [2.45, 2.75) is 51.0 Å². The highest BCUT2D eigenvalue weighted by atomic mass is 32.2. The predicted molar refractivity (Wildman–Crippen MR) is 81.1 cm³/mol. The van der Waals surface area contributed by atoms with E-state index in [0.29, 0.717) is 32.3 Å². The normalized spacial score (nSPS) is 26.0. The van der Waals surface area contributed by atoms with Gasteiger partial charge in [0.2, 0.25) is 0 Å². The van der Waals surface area contributed by atoms with Crippen molar-refractivity contribution >= 4 is 10.2 Å². The van der Waals surface area contributed by atoms with E-state index >= 15 is 0 Å². The van der Waals surface area contributed by atoms with Gasteiger partial charge in [-0.05, 0) is 31.6 Å². The number of hydrogen-bond donors (Lipinski definition) is 2. The van der Waals surface area contributed by atoms with Crippen molar-refractivity contribution < 1.29 is 18.3 Å². The Kier molecular flexibility index (Phi) is 6.88. The fourth-order valence-corrected chi connectivity index (χ4v) is 4.41. The van der Waals surface area contributed by atoms with Crippen LogP contribution in [0.3, 0.4) is 0 Å². The largest absolute Gasteiger partial charge is 0.396 e. The second-order valence-electron chi connectivity index (χ2n) is 6.08. The molecule has 2 rings (SSSR count). The van der Waals surface area contributed by atoms with Crippen LogP contribution in [0.4, 0.5) is 0 Å². The molecule has 1 aliphatic heterocycles. The topological polar surface area (TPSA) is 78.9 Å². The summed E-state index contributed by atoms with van der Waals surface area (Å²) >= 11 is 0. The molecule has 1 unspecified atom stereocenters. The lowest BCUT2D eigenvalue weighted by atomic mass is 9.98. The van der Waals surface area contributed by atoms with Crippen LogP contribution in [0.15, 0.2) is 0 Å². The number of nitrogens with one attached hydrogen (secondary N) is 1. The molecule has 0 amide bonds. The van der Waals surface area contributed by atoms with Crippen LogP contribution in [0, 0.1) is 5.92 Å². The summed E-state index contributed by atoms with van der Waals surface area (Å²) in [5.74, 6) is 0.0637. The molecule has 1 aliphatic carbocycles. The lowest BCUT2D eigenvalue weighted by Gasteiger charge is -2.31. The van der Waals surface area contributed by atoms with Gasteiger partial charge >= 0.3 is 0 Å². The Bertz CT molecular complexity index is 396. The van der Waals surface area contributed by atoms with Gasteiger partial charge in [0.1, 0.15) is 0 Å². The van der Waals surface area contributed by atoms with Gasteiger partial charge in [0.25, 0.3) is 10.2 Å². The number of piperidine rings is 1. The van der Waals surface area contributed by atoms with E-state index in [9.17, 15) is 13.5 Å². The minimum absolute atomic E-state index is 0.0524. The van der Waals surface area contributed by atoms with E-state index in [1.54, 1.807) is 0 Å². The predicted octanol–water partition coefficient (Wildman–Crippen LogP) is 0.874. The van der Waals surface area contributed by atoms with Gasteiger partial charge in [0.15, 0.2) is 0 Å². The SMILES string of the molecule is O=S(=O)(NCCOC1CCCCC1)N1CCCC(CO)C1. The maximum absolute atomic E-state index is 12.2. The fraction of sp³-hybridized carbons (Fsp3) is 1.00. The molecular formula is C14H28N2O4S. The molecule has 0 spiro atoms. The van der Waals surface area contributed by atoms with Crippen LogP contribution in [-0.4, -0.2) is 56.8 Å². The molecule has 6 nitrogen and oxygen atoms in total. The van der Waals surface area contributed by atoms with Gasteiger partial charge in [-0.15, -0.1) is 0 Å². The molecule has 0 aromatic heterocycles. The summed E-state index contributed by atoms with van der Waals surface area (Å²) < 4.78 is 34.1. The molecule has 0 aromatic carbocycles. The van der Waals surface area contributed by atoms with Crippen molar-refractivity contribution in [1.82, 2.24) is 9.03 Å². The maximum Gasteiger partial charge on any atom is 0.279 e. The van der Waals surface area contributed by atoms with Gasteiger partial charge in [0.05, 0.1) is 12.7 Å². The lowest BCUT2D eigenvalue weighted by Crippen LogP contribution is -2.47. The second-order valence-corrected chi connectivity index (χ2v) is 7.83. The molecule has 0 aromatic rings. The lowest BCUT2D eigenvalue weighted by molar-refractivity contribution is 0.0319. The second kappa shape index (κ2) is 8.43. The van der Waals surface area contributed by atoms with E-state index in [4.69, 9.17) is 4.74 Å². The Morgan fingerprint density at radius 2 is 1.90 bits per heavy atom. The van der Waals surface area contributed by atoms with Crippen LogP contribution in [-0.2, 0) is 14.9 Å². The van der Waals surface area contributed by atoms with Gasteiger partial charge in [-0.1, -0.05) is 19.3 Å². The van der Waals surface area contributed by atoms with Crippen LogP contribution in [0.1, 0.15) is 44.9 Å². The zero-order chi connectivity index (χ0) is 15.1. The monoisotopic (exact) mass is 320 g/mol. The van der Waals surface area contributed by atoms with Crippen molar-refractivity contribution in [3.05, 3.63) is 0 Å². The zero-order valence-corrected chi connectivity index (χ0v) is 13.5. The molecule has 1 heterocycles. The number of aliphatic hydroxyl groups excluding tert-OH is 1. The Hall–Kier alpha value is -0.210. The highest BCUT2D eigenvalue weighted by Crippen LogP contribution is 2.20. The summed E-state index contributed by atoms with van der Waals surface area (Å²) in [5.41, 5.74) is 0. The highest BCUT2D eigenvalue weighted by molar-refractivity contribution is 7.87. The molecule has 1 saturated heterocycles.